The number of hydrogen-bond acceptors (Lipinski definition) is 1. The molecule has 0 atom stereocenters. The Morgan fingerprint density at radius 2 is 0.638 bits per heavy atom. The van der Waals surface area contributed by atoms with Crippen LogP contribution in [-0.4, -0.2) is 20.0 Å². The molecule has 10 rings (SSSR count). The Balaban J connectivity index is 1.30. The summed E-state index contributed by atoms with van der Waals surface area (Å²) in [5.41, 5.74) is 10.9. The van der Waals surface area contributed by atoms with Crippen molar-refractivity contribution >= 4 is 71.7 Å². The first-order chi connectivity index (χ1) is 23.3. The van der Waals surface area contributed by atoms with E-state index in [1.54, 1.807) is 0 Å². The molecular weight excluding hydrogens is 574 g/mol. The molecule has 3 aromatic heterocycles. The predicted molar refractivity (Wildman–Crippen MR) is 195 cm³/mol. The van der Waals surface area contributed by atoms with Crippen LogP contribution in [0.1, 0.15) is 10.4 Å². The number of nitrogens with zero attached hydrogens (tertiary/aromatic N) is 3. The van der Waals surface area contributed by atoms with Crippen molar-refractivity contribution in [1.29, 1.82) is 0 Å². The third-order valence-electron chi connectivity index (χ3n) is 9.70. The highest BCUT2D eigenvalue weighted by Crippen LogP contribution is 2.39. The molecule has 0 spiro atoms. The van der Waals surface area contributed by atoms with Gasteiger partial charge in [0.1, 0.15) is 6.29 Å². The minimum atomic E-state index is 0.664. The largest absolute Gasteiger partial charge is 0.309 e. The van der Waals surface area contributed by atoms with Crippen molar-refractivity contribution in [2.24, 2.45) is 0 Å². The van der Waals surface area contributed by atoms with Gasteiger partial charge in [0.2, 0.25) is 0 Å². The molecule has 220 valence electrons. The van der Waals surface area contributed by atoms with Crippen LogP contribution in [0.4, 0.5) is 0 Å². The highest BCUT2D eigenvalue weighted by molar-refractivity contribution is 6.14. The van der Waals surface area contributed by atoms with Crippen molar-refractivity contribution in [2.75, 3.05) is 0 Å². The van der Waals surface area contributed by atoms with Gasteiger partial charge in [-0.05, 0) is 84.9 Å². The molecule has 10 aromatic rings. The summed E-state index contributed by atoms with van der Waals surface area (Å²) < 4.78 is 7.07. The van der Waals surface area contributed by atoms with Crippen molar-refractivity contribution in [3.8, 4) is 17.1 Å². The molecule has 0 amide bonds. The van der Waals surface area contributed by atoms with E-state index in [9.17, 15) is 4.79 Å². The molecule has 0 N–H and O–H groups in total. The van der Waals surface area contributed by atoms with E-state index in [0.717, 1.165) is 34.4 Å². The Morgan fingerprint density at radius 1 is 0.319 bits per heavy atom. The second-order valence-corrected chi connectivity index (χ2v) is 12.2. The smallest absolute Gasteiger partial charge is 0.150 e. The van der Waals surface area contributed by atoms with Gasteiger partial charge in [-0.2, -0.15) is 0 Å². The molecule has 0 bridgehead atoms. The van der Waals surface area contributed by atoms with Gasteiger partial charge in [0, 0.05) is 54.9 Å². The molecule has 0 saturated heterocycles. The number of carbonyl (C=O) groups is 1. The lowest BCUT2D eigenvalue weighted by molar-refractivity contribution is 0.112. The van der Waals surface area contributed by atoms with E-state index < -0.39 is 0 Å². The van der Waals surface area contributed by atoms with Gasteiger partial charge >= 0.3 is 0 Å². The molecule has 0 unspecified atom stereocenters. The molecule has 0 fully saturated rings. The zero-order valence-electron chi connectivity index (χ0n) is 25.3. The minimum Gasteiger partial charge on any atom is -0.309 e. The van der Waals surface area contributed by atoms with Crippen LogP contribution in [0, 0.1) is 0 Å². The van der Waals surface area contributed by atoms with E-state index in [4.69, 9.17) is 0 Å². The number of para-hydroxylation sites is 4. The fraction of sp³-hybridized carbons (Fsp3) is 0. The Morgan fingerprint density at radius 3 is 1.02 bits per heavy atom. The maximum atomic E-state index is 11.5. The van der Waals surface area contributed by atoms with Crippen molar-refractivity contribution in [2.45, 2.75) is 0 Å². The van der Waals surface area contributed by atoms with Crippen molar-refractivity contribution < 1.29 is 4.79 Å². The van der Waals surface area contributed by atoms with Crippen LogP contribution < -0.4 is 0 Å². The lowest BCUT2D eigenvalue weighted by Gasteiger charge is -2.11. The van der Waals surface area contributed by atoms with Gasteiger partial charge in [-0.3, -0.25) is 4.79 Å². The summed E-state index contributed by atoms with van der Waals surface area (Å²) in [6.07, 6.45) is 0.895. The second-order valence-electron chi connectivity index (χ2n) is 12.2. The molecule has 0 aliphatic rings. The SMILES string of the molecule is O=Cc1ccc(-n2c3ccc(-n4c5ccccc5c5ccccc54)cc3c3cc(-n4c5ccccc5c5ccccc54)ccc32)cc1. The molecule has 4 heteroatoms. The first kappa shape index (κ1) is 25.9. The van der Waals surface area contributed by atoms with E-state index in [-0.39, 0.29) is 0 Å². The zero-order valence-corrected chi connectivity index (χ0v) is 25.3. The average Bonchev–Trinajstić information content (AvgIpc) is 3.77. The lowest BCUT2D eigenvalue weighted by Crippen LogP contribution is -1.96. The van der Waals surface area contributed by atoms with Crippen LogP contribution in [0.25, 0.3) is 82.5 Å². The number of rotatable bonds is 4. The van der Waals surface area contributed by atoms with Crippen LogP contribution in [-0.2, 0) is 0 Å². The molecule has 47 heavy (non-hydrogen) atoms. The summed E-state index contributed by atoms with van der Waals surface area (Å²) >= 11 is 0. The number of aldehydes is 1. The molecule has 0 saturated carbocycles. The number of fused-ring (bicyclic) bond motifs is 9. The standard InChI is InChI=1S/C43H27N3O/c47-27-28-17-19-29(20-18-28)44-42-23-21-30(45-38-13-5-1-9-32(38)33-10-2-6-14-39(33)45)25-36(42)37-26-31(22-24-43(37)44)46-40-15-7-3-11-34(40)35-12-4-8-16-41(35)46/h1-27H. The lowest BCUT2D eigenvalue weighted by atomic mass is 10.1. The van der Waals surface area contributed by atoms with E-state index >= 15 is 0 Å². The van der Waals surface area contributed by atoms with Gasteiger partial charge in [-0.25, -0.2) is 0 Å². The van der Waals surface area contributed by atoms with Crippen LogP contribution in [0.5, 0.6) is 0 Å². The predicted octanol–water partition coefficient (Wildman–Crippen LogP) is 10.8. The van der Waals surface area contributed by atoms with Gasteiger partial charge in [0.25, 0.3) is 0 Å². The van der Waals surface area contributed by atoms with Gasteiger partial charge in [-0.1, -0.05) is 72.8 Å². The molecule has 4 nitrogen and oxygen atoms in total. The Bertz CT molecular complexity index is 2590. The molecule has 7 aromatic carbocycles. The topological polar surface area (TPSA) is 31.9 Å². The maximum absolute atomic E-state index is 11.5. The van der Waals surface area contributed by atoms with E-state index in [2.05, 4.69) is 147 Å². The minimum absolute atomic E-state index is 0.664. The van der Waals surface area contributed by atoms with E-state index in [0.29, 0.717) is 5.56 Å². The summed E-state index contributed by atoms with van der Waals surface area (Å²) in [5.74, 6) is 0. The van der Waals surface area contributed by atoms with Crippen LogP contribution in [0.15, 0.2) is 158 Å². The number of benzene rings is 7. The van der Waals surface area contributed by atoms with E-state index in [1.807, 2.05) is 24.3 Å². The monoisotopic (exact) mass is 601 g/mol. The normalized spacial score (nSPS) is 11.9. The molecule has 0 radical (unpaired) electrons. The summed E-state index contributed by atoms with van der Waals surface area (Å²) in [4.78, 5) is 11.5. The molecule has 0 aliphatic carbocycles. The summed E-state index contributed by atoms with van der Waals surface area (Å²) in [5, 5.41) is 7.32. The number of carbonyl (C=O) groups excluding carboxylic acids is 1. The van der Waals surface area contributed by atoms with Crippen LogP contribution >= 0.6 is 0 Å². The van der Waals surface area contributed by atoms with Crippen molar-refractivity contribution in [3.05, 3.63) is 163 Å². The maximum Gasteiger partial charge on any atom is 0.150 e. The summed E-state index contributed by atoms with van der Waals surface area (Å²) in [6, 6.07) is 56.0. The van der Waals surface area contributed by atoms with Crippen LogP contribution in [0.3, 0.4) is 0 Å². The van der Waals surface area contributed by atoms with Gasteiger partial charge in [0.05, 0.1) is 33.1 Å². The van der Waals surface area contributed by atoms with Gasteiger partial charge in [0.15, 0.2) is 0 Å². The average molecular weight is 602 g/mol. The van der Waals surface area contributed by atoms with E-state index in [1.165, 1.54) is 54.4 Å². The first-order valence-corrected chi connectivity index (χ1v) is 15.9. The summed E-state index contributed by atoms with van der Waals surface area (Å²) in [7, 11) is 0. The quantitative estimate of drug-likeness (QED) is 0.185. The third kappa shape index (κ3) is 3.67. The van der Waals surface area contributed by atoms with Gasteiger partial charge in [-0.15, -0.1) is 0 Å². The molecular formula is C43H27N3O. The van der Waals surface area contributed by atoms with Crippen molar-refractivity contribution in [1.82, 2.24) is 13.7 Å². The molecule has 0 aliphatic heterocycles. The highest BCUT2D eigenvalue weighted by atomic mass is 16.1. The van der Waals surface area contributed by atoms with Gasteiger partial charge < -0.3 is 13.7 Å². The Hall–Kier alpha value is -6.39. The fourth-order valence-electron chi connectivity index (χ4n) is 7.66. The number of aromatic nitrogens is 3. The fourth-order valence-corrected chi connectivity index (χ4v) is 7.66. The molecule has 3 heterocycles. The highest BCUT2D eigenvalue weighted by Gasteiger charge is 2.18. The number of hydrogen-bond donors (Lipinski definition) is 0. The van der Waals surface area contributed by atoms with Crippen LogP contribution in [0.2, 0.25) is 0 Å². The first-order valence-electron chi connectivity index (χ1n) is 15.9. The zero-order chi connectivity index (χ0) is 31.1. The van der Waals surface area contributed by atoms with Crippen molar-refractivity contribution in [3.63, 3.8) is 0 Å². The Kier molecular flexibility index (Phi) is 5.40. The summed E-state index contributed by atoms with van der Waals surface area (Å²) in [6.45, 7) is 0. The Labute approximate surface area is 269 Å². The second kappa shape index (κ2) is 9.80. The third-order valence-corrected chi connectivity index (χ3v) is 9.70.